The van der Waals surface area contributed by atoms with Gasteiger partial charge in [0.2, 0.25) is 5.17 Å². The Balaban J connectivity index is 1.46. The molecule has 4 rings (SSSR count). The molecule has 0 bridgehead atoms. The summed E-state index contributed by atoms with van der Waals surface area (Å²) in [6, 6.07) is 9.00. The van der Waals surface area contributed by atoms with Crippen LogP contribution < -0.4 is 18.9 Å². The van der Waals surface area contributed by atoms with Gasteiger partial charge in [-0.2, -0.15) is 15.1 Å². The van der Waals surface area contributed by atoms with Crippen LogP contribution in [0.5, 0.6) is 23.0 Å². The number of amides is 1. The van der Waals surface area contributed by atoms with Crippen LogP contribution in [0.2, 0.25) is 5.02 Å². The minimum absolute atomic E-state index is 0.0557. The van der Waals surface area contributed by atoms with Crippen molar-refractivity contribution in [3.63, 3.8) is 0 Å². The number of carbonyl (C=O) groups excluding carboxylic acids is 1. The Kier molecular flexibility index (Phi) is 8.20. The Hall–Kier alpha value is -3.76. The Morgan fingerprint density at radius 2 is 1.86 bits per heavy atom. The maximum Gasteiger partial charge on any atom is 0.283 e. The van der Waals surface area contributed by atoms with Crippen molar-refractivity contribution in [2.45, 2.75) is 13.3 Å². The smallest absolute Gasteiger partial charge is 0.283 e. The molecule has 0 aliphatic carbocycles. The van der Waals surface area contributed by atoms with Crippen LogP contribution in [-0.2, 0) is 11.2 Å². The summed E-state index contributed by atoms with van der Waals surface area (Å²) in [5, 5.41) is 15.3. The van der Waals surface area contributed by atoms with Crippen molar-refractivity contribution in [2.75, 3.05) is 27.4 Å². The average molecular weight is 541 g/mol. The van der Waals surface area contributed by atoms with Crippen LogP contribution in [0, 0.1) is 5.41 Å². The van der Waals surface area contributed by atoms with E-state index in [-0.39, 0.29) is 29.6 Å². The molecule has 2 aliphatic rings. The summed E-state index contributed by atoms with van der Waals surface area (Å²) in [6.45, 7) is 5.97. The highest BCUT2D eigenvalue weighted by atomic mass is 35.5. The summed E-state index contributed by atoms with van der Waals surface area (Å²) in [4.78, 5) is 16.6. The zero-order valence-corrected chi connectivity index (χ0v) is 22.1. The van der Waals surface area contributed by atoms with Gasteiger partial charge < -0.3 is 18.9 Å². The van der Waals surface area contributed by atoms with Crippen molar-refractivity contribution in [1.82, 2.24) is 5.01 Å². The monoisotopic (exact) mass is 540 g/mol. The second kappa shape index (κ2) is 11.5. The molecule has 11 heteroatoms. The Morgan fingerprint density at radius 1 is 1.11 bits per heavy atom. The number of fused-ring (bicyclic) bond motifs is 1. The molecule has 2 aromatic rings. The maximum absolute atomic E-state index is 12.5. The predicted octanol–water partition coefficient (Wildman–Crippen LogP) is 5.18. The molecule has 0 radical (unpaired) electrons. The summed E-state index contributed by atoms with van der Waals surface area (Å²) in [5.74, 6) is 1.36. The summed E-state index contributed by atoms with van der Waals surface area (Å²) in [7, 11) is 3.08. The molecule has 0 spiro atoms. The Labute approximate surface area is 223 Å². The fourth-order valence-corrected chi connectivity index (χ4v) is 4.65. The molecule has 0 saturated heterocycles. The third-order valence-electron chi connectivity index (χ3n) is 5.31. The zero-order chi connectivity index (χ0) is 26.5. The molecule has 192 valence electrons. The number of rotatable bonds is 10. The molecule has 2 heterocycles. The first-order valence-corrected chi connectivity index (χ1v) is 12.4. The highest BCUT2D eigenvalue weighted by molar-refractivity contribution is 8.26. The number of hydrazone groups is 1. The molecule has 2 aromatic carbocycles. The van der Waals surface area contributed by atoms with Crippen LogP contribution in [0.3, 0.4) is 0 Å². The molecule has 1 N–H and O–H groups in total. The zero-order valence-electron chi connectivity index (χ0n) is 20.5. The number of thioether (sulfide) groups is 1. The third kappa shape index (κ3) is 5.81. The molecule has 0 aromatic heterocycles. The number of allylic oxidation sites excluding steroid dienone is 1. The molecular formula is C26H25ClN4O5S. The van der Waals surface area contributed by atoms with Gasteiger partial charge in [0.25, 0.3) is 5.91 Å². The average Bonchev–Trinajstić information content (AvgIpc) is 3.25. The minimum atomic E-state index is -0.519. The number of ether oxygens (including phenoxy) is 4. The van der Waals surface area contributed by atoms with Gasteiger partial charge >= 0.3 is 0 Å². The van der Waals surface area contributed by atoms with Crippen LogP contribution in [0.25, 0.3) is 6.08 Å². The highest BCUT2D eigenvalue weighted by Crippen LogP contribution is 2.38. The molecule has 37 heavy (non-hydrogen) atoms. The fraction of sp³-hybridized carbons (Fsp3) is 0.231. The van der Waals surface area contributed by atoms with E-state index in [0.717, 1.165) is 12.0 Å². The van der Waals surface area contributed by atoms with Gasteiger partial charge in [-0.25, -0.2) is 0 Å². The predicted molar refractivity (Wildman–Crippen MR) is 147 cm³/mol. The van der Waals surface area contributed by atoms with E-state index in [1.807, 2.05) is 24.3 Å². The standard InChI is InChI=1S/C26H25ClN4O5S/c1-5-6-16-7-8-20(21(13-16)33-3)35-9-10-36-23-19(27)12-17(14-22(23)34-4)11-18-24(28)31-26(29-25(18)32)37-15(2)30-31/h5,7-8,11-14,28H,1,6,9-10H2,2-4H3/b18-11-,28-24?. The quantitative estimate of drug-likeness (QED) is 0.251. The summed E-state index contributed by atoms with van der Waals surface area (Å²) in [6.07, 6.45) is 4.09. The van der Waals surface area contributed by atoms with Crippen molar-refractivity contribution < 1.29 is 23.7 Å². The molecule has 2 aliphatic heterocycles. The first-order valence-electron chi connectivity index (χ1n) is 11.2. The third-order valence-corrected chi connectivity index (χ3v) is 6.42. The van der Waals surface area contributed by atoms with E-state index in [2.05, 4.69) is 16.7 Å². The van der Waals surface area contributed by atoms with Crippen molar-refractivity contribution in [3.8, 4) is 23.0 Å². The summed E-state index contributed by atoms with van der Waals surface area (Å²) in [5.41, 5.74) is 1.71. The largest absolute Gasteiger partial charge is 0.493 e. The molecule has 0 saturated carbocycles. The Bertz CT molecular complexity index is 1350. The van der Waals surface area contributed by atoms with Crippen molar-refractivity contribution in [2.24, 2.45) is 10.1 Å². The highest BCUT2D eigenvalue weighted by Gasteiger charge is 2.34. The number of benzene rings is 2. The van der Waals surface area contributed by atoms with Gasteiger partial charge in [-0.1, -0.05) is 23.7 Å². The lowest BCUT2D eigenvalue weighted by Crippen LogP contribution is -2.35. The Morgan fingerprint density at radius 3 is 2.59 bits per heavy atom. The summed E-state index contributed by atoms with van der Waals surface area (Å²) >= 11 is 7.74. The first-order chi connectivity index (χ1) is 17.8. The molecule has 0 fully saturated rings. The lowest BCUT2D eigenvalue weighted by atomic mass is 10.1. The van der Waals surface area contributed by atoms with Gasteiger partial charge in [0.05, 0.1) is 29.9 Å². The van der Waals surface area contributed by atoms with E-state index in [0.29, 0.717) is 38.8 Å². The lowest BCUT2D eigenvalue weighted by molar-refractivity contribution is -0.114. The number of nitrogens with one attached hydrogen (secondary N) is 1. The molecule has 9 nitrogen and oxygen atoms in total. The van der Waals surface area contributed by atoms with E-state index in [9.17, 15) is 4.79 Å². The van der Waals surface area contributed by atoms with Gasteiger partial charge in [-0.3, -0.25) is 10.2 Å². The normalized spacial score (nSPS) is 15.8. The van der Waals surface area contributed by atoms with Crippen LogP contribution in [-0.4, -0.2) is 54.4 Å². The van der Waals surface area contributed by atoms with E-state index in [1.165, 1.54) is 30.0 Å². The maximum atomic E-state index is 12.5. The molecule has 0 atom stereocenters. The van der Waals surface area contributed by atoms with Gasteiger partial charge in [0, 0.05) is 0 Å². The number of carbonyl (C=O) groups is 1. The van der Waals surface area contributed by atoms with Crippen molar-refractivity contribution in [1.29, 1.82) is 5.41 Å². The number of methoxy groups -OCH3 is 2. The number of halogens is 1. The van der Waals surface area contributed by atoms with E-state index >= 15 is 0 Å². The molecule has 0 unspecified atom stereocenters. The van der Waals surface area contributed by atoms with Crippen LogP contribution in [0.4, 0.5) is 0 Å². The molecular weight excluding hydrogens is 516 g/mol. The van der Waals surface area contributed by atoms with Gasteiger partial charge in [0.1, 0.15) is 13.2 Å². The molecule has 1 amide bonds. The number of hydrogen-bond acceptors (Lipinski definition) is 8. The first kappa shape index (κ1) is 26.3. The van der Waals surface area contributed by atoms with Crippen LogP contribution in [0.15, 0.2) is 58.7 Å². The van der Waals surface area contributed by atoms with E-state index in [1.54, 1.807) is 26.2 Å². The fourth-order valence-electron chi connectivity index (χ4n) is 3.64. The second-order valence-electron chi connectivity index (χ2n) is 7.85. The van der Waals surface area contributed by atoms with Crippen LogP contribution in [0.1, 0.15) is 18.1 Å². The number of amidine groups is 2. The number of hydrogen-bond donors (Lipinski definition) is 1. The van der Waals surface area contributed by atoms with Crippen LogP contribution >= 0.6 is 23.4 Å². The lowest BCUT2D eigenvalue weighted by Gasteiger charge is -2.20. The van der Waals surface area contributed by atoms with E-state index in [4.69, 9.17) is 36.0 Å². The SMILES string of the molecule is C=CCc1ccc(OCCOc2c(Cl)cc(/C=C3/C(=N)N4N=C(C)SC4=NC3=O)cc2OC)c(OC)c1. The topological polar surface area (TPSA) is 106 Å². The summed E-state index contributed by atoms with van der Waals surface area (Å²) < 4.78 is 22.6. The minimum Gasteiger partial charge on any atom is -0.493 e. The van der Waals surface area contributed by atoms with Crippen molar-refractivity contribution in [3.05, 3.63) is 64.7 Å². The van der Waals surface area contributed by atoms with E-state index < -0.39 is 5.91 Å². The second-order valence-corrected chi connectivity index (χ2v) is 9.42. The van der Waals surface area contributed by atoms with Crippen molar-refractivity contribution >= 4 is 51.4 Å². The van der Waals surface area contributed by atoms with Gasteiger partial charge in [0.15, 0.2) is 28.8 Å². The van der Waals surface area contributed by atoms with Gasteiger partial charge in [-0.15, -0.1) is 6.58 Å². The number of nitrogens with zero attached hydrogens (tertiary/aromatic N) is 3. The van der Waals surface area contributed by atoms with Gasteiger partial charge in [-0.05, 0) is 66.6 Å². The number of aliphatic imine (C=N–C) groups is 1.